The van der Waals surface area contributed by atoms with E-state index in [0.717, 1.165) is 29.2 Å². The Morgan fingerprint density at radius 2 is 1.63 bits per heavy atom. The zero-order valence-corrected chi connectivity index (χ0v) is 18.2. The predicted molar refractivity (Wildman–Crippen MR) is 121 cm³/mol. The lowest BCUT2D eigenvalue weighted by molar-refractivity contribution is -0.384. The Hall–Kier alpha value is -4.18. The third-order valence-electron chi connectivity index (χ3n) is 5.43. The standard InChI is InChI=1S/C24H14ClF3N2O5/c25-16-8-4-14(5-9-16)21(31)19-20(13-6-10-17(11-7-13)30(34)35)29(23(33)22(19)32)18-3-1-2-15(12-18)24(26,27)28/h1-12,20,31H/b21-19-/t20-/m0/s1. The molecule has 35 heavy (non-hydrogen) atoms. The van der Waals surface area contributed by atoms with Crippen molar-refractivity contribution < 1.29 is 32.8 Å². The smallest absolute Gasteiger partial charge is 0.416 e. The van der Waals surface area contributed by atoms with Gasteiger partial charge in [-0.1, -0.05) is 17.7 Å². The number of anilines is 1. The molecule has 1 heterocycles. The van der Waals surface area contributed by atoms with E-state index in [1.54, 1.807) is 0 Å². The first kappa shape index (κ1) is 24.0. The van der Waals surface area contributed by atoms with Gasteiger partial charge in [0.25, 0.3) is 17.4 Å². The minimum Gasteiger partial charge on any atom is -0.507 e. The molecule has 0 aromatic heterocycles. The number of benzene rings is 3. The van der Waals surface area contributed by atoms with Crippen LogP contribution in [0.3, 0.4) is 0 Å². The summed E-state index contributed by atoms with van der Waals surface area (Å²) < 4.78 is 40.0. The number of hydrogen-bond donors (Lipinski definition) is 1. The molecule has 0 spiro atoms. The fourth-order valence-electron chi connectivity index (χ4n) is 3.79. The third kappa shape index (κ3) is 4.47. The van der Waals surface area contributed by atoms with Crippen molar-refractivity contribution in [3.05, 3.63) is 110 Å². The molecular weight excluding hydrogens is 489 g/mol. The highest BCUT2D eigenvalue weighted by Gasteiger charge is 2.47. The van der Waals surface area contributed by atoms with Crippen LogP contribution in [0.4, 0.5) is 24.5 Å². The summed E-state index contributed by atoms with van der Waals surface area (Å²) in [4.78, 5) is 37.3. The monoisotopic (exact) mass is 502 g/mol. The van der Waals surface area contributed by atoms with Gasteiger partial charge in [-0.3, -0.25) is 24.6 Å². The molecule has 1 saturated heterocycles. The largest absolute Gasteiger partial charge is 0.507 e. The number of carbonyl (C=O) groups excluding carboxylic acids is 2. The highest BCUT2D eigenvalue weighted by atomic mass is 35.5. The van der Waals surface area contributed by atoms with E-state index >= 15 is 0 Å². The van der Waals surface area contributed by atoms with Gasteiger partial charge in [0.15, 0.2) is 0 Å². The van der Waals surface area contributed by atoms with E-state index in [1.807, 2.05) is 0 Å². The van der Waals surface area contributed by atoms with Crippen molar-refractivity contribution in [1.29, 1.82) is 0 Å². The van der Waals surface area contributed by atoms with Crippen LogP contribution in [0, 0.1) is 10.1 Å². The van der Waals surface area contributed by atoms with Crippen molar-refractivity contribution in [2.45, 2.75) is 12.2 Å². The van der Waals surface area contributed by atoms with E-state index in [4.69, 9.17) is 11.6 Å². The van der Waals surface area contributed by atoms with Gasteiger partial charge < -0.3 is 5.11 Å². The number of aliphatic hydroxyl groups is 1. The number of amides is 1. The molecule has 3 aromatic rings. The van der Waals surface area contributed by atoms with Crippen molar-refractivity contribution in [3.8, 4) is 0 Å². The van der Waals surface area contributed by atoms with E-state index in [1.165, 1.54) is 42.5 Å². The number of nitro benzene ring substituents is 1. The molecule has 178 valence electrons. The number of rotatable bonds is 4. The van der Waals surface area contributed by atoms with Crippen LogP contribution in [0.5, 0.6) is 0 Å². The van der Waals surface area contributed by atoms with Gasteiger partial charge in [0.2, 0.25) is 0 Å². The lowest BCUT2D eigenvalue weighted by atomic mass is 9.95. The van der Waals surface area contributed by atoms with Gasteiger partial charge in [0.1, 0.15) is 5.76 Å². The van der Waals surface area contributed by atoms with Crippen LogP contribution in [0.2, 0.25) is 5.02 Å². The molecule has 4 rings (SSSR count). The number of hydrogen-bond acceptors (Lipinski definition) is 5. The molecule has 0 bridgehead atoms. The number of Topliss-reactive ketones (excluding diaryl/α,β-unsaturated/α-hetero) is 1. The summed E-state index contributed by atoms with van der Waals surface area (Å²) in [6.45, 7) is 0. The van der Waals surface area contributed by atoms with Gasteiger partial charge in [0, 0.05) is 28.4 Å². The van der Waals surface area contributed by atoms with Crippen molar-refractivity contribution in [1.82, 2.24) is 0 Å². The number of halogens is 4. The second-order valence-corrected chi connectivity index (χ2v) is 8.01. The van der Waals surface area contributed by atoms with Crippen LogP contribution >= 0.6 is 11.6 Å². The summed E-state index contributed by atoms with van der Waals surface area (Å²) in [5, 5.41) is 22.4. The van der Waals surface area contributed by atoms with Crippen molar-refractivity contribution in [2.75, 3.05) is 4.90 Å². The van der Waals surface area contributed by atoms with E-state index in [0.29, 0.717) is 11.1 Å². The summed E-state index contributed by atoms with van der Waals surface area (Å²) in [6.07, 6.45) is -4.71. The second-order valence-electron chi connectivity index (χ2n) is 7.57. The minimum absolute atomic E-state index is 0.142. The molecule has 11 heteroatoms. The average Bonchev–Trinajstić information content (AvgIpc) is 3.09. The first-order chi connectivity index (χ1) is 16.5. The molecule has 1 N–H and O–H groups in total. The maximum Gasteiger partial charge on any atom is 0.416 e. The minimum atomic E-state index is -4.71. The molecule has 0 aliphatic carbocycles. The average molecular weight is 503 g/mol. The van der Waals surface area contributed by atoms with E-state index in [2.05, 4.69) is 0 Å². The molecule has 7 nitrogen and oxygen atoms in total. The summed E-state index contributed by atoms with van der Waals surface area (Å²) in [7, 11) is 0. The Labute approximate surface area is 200 Å². The molecule has 0 saturated carbocycles. The highest BCUT2D eigenvalue weighted by Crippen LogP contribution is 2.43. The zero-order chi connectivity index (χ0) is 25.5. The molecule has 0 radical (unpaired) electrons. The Morgan fingerprint density at radius 1 is 1.00 bits per heavy atom. The first-order valence-corrected chi connectivity index (χ1v) is 10.4. The van der Waals surface area contributed by atoms with Crippen LogP contribution in [0.25, 0.3) is 5.76 Å². The van der Waals surface area contributed by atoms with E-state index in [9.17, 15) is 38.0 Å². The van der Waals surface area contributed by atoms with Crippen LogP contribution in [-0.2, 0) is 15.8 Å². The molecule has 1 aliphatic heterocycles. The Bertz CT molecular complexity index is 1370. The molecule has 1 atom stereocenters. The van der Waals surface area contributed by atoms with E-state index < -0.39 is 40.2 Å². The maximum absolute atomic E-state index is 13.3. The molecule has 3 aromatic carbocycles. The quantitative estimate of drug-likeness (QED) is 0.157. The van der Waals surface area contributed by atoms with Gasteiger partial charge in [-0.15, -0.1) is 0 Å². The number of carbonyl (C=O) groups is 2. The summed E-state index contributed by atoms with van der Waals surface area (Å²) in [6, 6.07) is 13.0. The van der Waals surface area contributed by atoms with Crippen LogP contribution in [0.1, 0.15) is 22.7 Å². The summed E-state index contributed by atoms with van der Waals surface area (Å²) in [5.74, 6) is -2.86. The third-order valence-corrected chi connectivity index (χ3v) is 5.69. The van der Waals surface area contributed by atoms with Crippen molar-refractivity contribution in [2.24, 2.45) is 0 Å². The Morgan fingerprint density at radius 3 is 2.20 bits per heavy atom. The summed E-state index contributed by atoms with van der Waals surface area (Å²) in [5.41, 5.74) is -1.63. The summed E-state index contributed by atoms with van der Waals surface area (Å²) >= 11 is 5.87. The van der Waals surface area contributed by atoms with Gasteiger partial charge in [0.05, 0.1) is 22.1 Å². The Kier molecular flexibility index (Phi) is 6.08. The SMILES string of the molecule is O=C1C(=O)N(c2cccc(C(F)(F)F)c2)[C@@H](c2ccc([N+](=O)[O-])cc2)/C1=C(/O)c1ccc(Cl)cc1. The van der Waals surface area contributed by atoms with E-state index in [-0.39, 0.29) is 28.1 Å². The predicted octanol–water partition coefficient (Wildman–Crippen LogP) is 5.89. The van der Waals surface area contributed by atoms with Crippen LogP contribution in [-0.4, -0.2) is 21.7 Å². The number of non-ortho nitro benzene ring substituents is 1. The van der Waals surface area contributed by atoms with Gasteiger partial charge in [-0.05, 0) is 60.2 Å². The fraction of sp³-hybridized carbons (Fsp3) is 0.0833. The topological polar surface area (TPSA) is 101 Å². The fourth-order valence-corrected chi connectivity index (χ4v) is 3.91. The first-order valence-electron chi connectivity index (χ1n) is 9.97. The number of nitrogens with zero attached hydrogens (tertiary/aromatic N) is 2. The zero-order valence-electron chi connectivity index (χ0n) is 17.5. The number of alkyl halides is 3. The lowest BCUT2D eigenvalue weighted by Gasteiger charge is -2.26. The van der Waals surface area contributed by atoms with Crippen molar-refractivity contribution >= 4 is 40.4 Å². The molecule has 1 aliphatic rings. The van der Waals surface area contributed by atoms with Gasteiger partial charge in [-0.25, -0.2) is 0 Å². The molecule has 1 fully saturated rings. The highest BCUT2D eigenvalue weighted by molar-refractivity contribution is 6.51. The normalized spacial score (nSPS) is 17.6. The van der Waals surface area contributed by atoms with Crippen molar-refractivity contribution in [3.63, 3.8) is 0 Å². The van der Waals surface area contributed by atoms with Crippen LogP contribution < -0.4 is 4.90 Å². The molecule has 1 amide bonds. The second kappa shape index (κ2) is 8.88. The molecule has 0 unspecified atom stereocenters. The lowest BCUT2D eigenvalue weighted by Crippen LogP contribution is -2.29. The molecular formula is C24H14ClF3N2O5. The number of aliphatic hydroxyl groups excluding tert-OH is 1. The van der Waals surface area contributed by atoms with Crippen LogP contribution in [0.15, 0.2) is 78.4 Å². The number of ketones is 1. The van der Waals surface area contributed by atoms with Gasteiger partial charge in [-0.2, -0.15) is 13.2 Å². The van der Waals surface area contributed by atoms with Gasteiger partial charge >= 0.3 is 6.18 Å². The number of nitro groups is 1. The maximum atomic E-state index is 13.3. The Balaban J connectivity index is 1.94.